The topological polar surface area (TPSA) is 62.4 Å². The molecule has 0 saturated carbocycles. The largest absolute Gasteiger partial charge is 0.391 e. The van der Waals surface area contributed by atoms with Gasteiger partial charge in [-0.25, -0.2) is 4.98 Å². The Morgan fingerprint density at radius 3 is 3.12 bits per heavy atom. The molecule has 1 fully saturated rings. The van der Waals surface area contributed by atoms with E-state index in [1.165, 1.54) is 0 Å². The van der Waals surface area contributed by atoms with Crippen molar-refractivity contribution in [1.29, 1.82) is 0 Å². The molecule has 0 radical (unpaired) electrons. The van der Waals surface area contributed by atoms with Gasteiger partial charge in [0.15, 0.2) is 0 Å². The first-order valence-corrected chi connectivity index (χ1v) is 5.78. The maximum atomic E-state index is 9.84. The van der Waals surface area contributed by atoms with Gasteiger partial charge in [0, 0.05) is 25.8 Å². The van der Waals surface area contributed by atoms with Crippen molar-refractivity contribution >= 4 is 5.82 Å². The first-order valence-electron chi connectivity index (χ1n) is 5.78. The molecule has 0 spiro atoms. The fourth-order valence-corrected chi connectivity index (χ4v) is 2.02. The second-order valence-corrected chi connectivity index (χ2v) is 4.51. The Labute approximate surface area is 96.1 Å². The van der Waals surface area contributed by atoms with Crippen molar-refractivity contribution in [3.05, 3.63) is 23.9 Å². The van der Waals surface area contributed by atoms with E-state index in [1.54, 1.807) is 6.20 Å². The lowest BCUT2D eigenvalue weighted by Crippen LogP contribution is -2.43. The third-order valence-electron chi connectivity index (χ3n) is 3.29. The quantitative estimate of drug-likeness (QED) is 0.773. The second-order valence-electron chi connectivity index (χ2n) is 4.51. The molecule has 2 atom stereocenters. The minimum atomic E-state index is -0.253. The number of piperidine rings is 1. The Bertz CT molecular complexity index is 356. The standard InChI is InChI=1S/C12H19N3O/c1-9-3-5-15(8-11(9)16)12-6-10(7-13)2-4-14-12/h2,4,6,9,11,16H,3,5,7-8,13H2,1H3. The molecule has 1 aromatic heterocycles. The van der Waals surface area contributed by atoms with Crippen LogP contribution in [0.1, 0.15) is 18.9 Å². The molecular weight excluding hydrogens is 202 g/mol. The molecule has 1 saturated heterocycles. The zero-order chi connectivity index (χ0) is 11.5. The SMILES string of the molecule is CC1CCN(c2cc(CN)ccn2)CC1O. The average Bonchev–Trinajstić information content (AvgIpc) is 2.33. The minimum Gasteiger partial charge on any atom is -0.391 e. The molecule has 0 bridgehead atoms. The highest BCUT2D eigenvalue weighted by molar-refractivity contribution is 5.41. The van der Waals surface area contributed by atoms with Crippen molar-refractivity contribution in [3.8, 4) is 0 Å². The molecule has 0 aliphatic carbocycles. The zero-order valence-corrected chi connectivity index (χ0v) is 9.63. The van der Waals surface area contributed by atoms with Crippen LogP contribution in [0.15, 0.2) is 18.3 Å². The number of pyridine rings is 1. The molecule has 1 aliphatic rings. The molecule has 88 valence electrons. The maximum absolute atomic E-state index is 9.84. The Morgan fingerprint density at radius 2 is 2.44 bits per heavy atom. The molecule has 2 heterocycles. The van der Waals surface area contributed by atoms with Crippen molar-refractivity contribution in [1.82, 2.24) is 4.98 Å². The van der Waals surface area contributed by atoms with Gasteiger partial charge in [-0.3, -0.25) is 0 Å². The van der Waals surface area contributed by atoms with Crippen LogP contribution in [0.3, 0.4) is 0 Å². The van der Waals surface area contributed by atoms with Crippen molar-refractivity contribution in [2.75, 3.05) is 18.0 Å². The van der Waals surface area contributed by atoms with E-state index in [0.717, 1.165) is 24.3 Å². The smallest absolute Gasteiger partial charge is 0.128 e. The third-order valence-corrected chi connectivity index (χ3v) is 3.29. The summed E-state index contributed by atoms with van der Waals surface area (Å²) >= 11 is 0. The lowest BCUT2D eigenvalue weighted by atomic mass is 9.96. The highest BCUT2D eigenvalue weighted by atomic mass is 16.3. The van der Waals surface area contributed by atoms with Gasteiger partial charge in [-0.15, -0.1) is 0 Å². The Morgan fingerprint density at radius 1 is 1.62 bits per heavy atom. The number of β-amino-alcohol motifs (C(OH)–C–C–N with tert-alkyl or cyclic N) is 1. The third kappa shape index (κ3) is 2.33. The van der Waals surface area contributed by atoms with Crippen molar-refractivity contribution < 1.29 is 5.11 Å². The number of anilines is 1. The molecular formula is C12H19N3O. The van der Waals surface area contributed by atoms with Crippen LogP contribution < -0.4 is 10.6 Å². The van der Waals surface area contributed by atoms with E-state index >= 15 is 0 Å². The summed E-state index contributed by atoms with van der Waals surface area (Å²) in [6, 6.07) is 3.93. The minimum absolute atomic E-state index is 0.253. The summed E-state index contributed by atoms with van der Waals surface area (Å²) in [5.41, 5.74) is 6.68. The predicted octanol–water partition coefficient (Wildman–Crippen LogP) is 0.747. The summed E-state index contributed by atoms with van der Waals surface area (Å²) < 4.78 is 0. The lowest BCUT2D eigenvalue weighted by Gasteiger charge is -2.35. The zero-order valence-electron chi connectivity index (χ0n) is 9.63. The van der Waals surface area contributed by atoms with Gasteiger partial charge < -0.3 is 15.7 Å². The first kappa shape index (κ1) is 11.4. The van der Waals surface area contributed by atoms with Gasteiger partial charge in [0.1, 0.15) is 5.82 Å². The van der Waals surface area contributed by atoms with Gasteiger partial charge in [-0.1, -0.05) is 6.92 Å². The summed E-state index contributed by atoms with van der Waals surface area (Å²) in [5.74, 6) is 1.31. The number of aliphatic hydroxyl groups is 1. The van der Waals surface area contributed by atoms with Gasteiger partial charge in [0.25, 0.3) is 0 Å². The molecule has 4 heteroatoms. The molecule has 1 aromatic rings. The maximum Gasteiger partial charge on any atom is 0.128 e. The Balaban J connectivity index is 2.12. The van der Waals surface area contributed by atoms with E-state index in [2.05, 4.69) is 16.8 Å². The molecule has 0 aromatic carbocycles. The summed E-state index contributed by atoms with van der Waals surface area (Å²) in [4.78, 5) is 6.46. The molecule has 2 rings (SSSR count). The van der Waals surface area contributed by atoms with Crippen LogP contribution in [-0.4, -0.2) is 29.3 Å². The van der Waals surface area contributed by atoms with Gasteiger partial charge >= 0.3 is 0 Å². The number of nitrogens with two attached hydrogens (primary N) is 1. The highest BCUT2D eigenvalue weighted by Crippen LogP contribution is 2.22. The van der Waals surface area contributed by atoms with Crippen LogP contribution in [-0.2, 0) is 6.54 Å². The van der Waals surface area contributed by atoms with Crippen LogP contribution in [0.5, 0.6) is 0 Å². The second kappa shape index (κ2) is 4.80. The summed E-state index contributed by atoms with van der Waals surface area (Å²) in [6.07, 6.45) is 2.54. The van der Waals surface area contributed by atoms with Crippen LogP contribution in [0.2, 0.25) is 0 Å². The van der Waals surface area contributed by atoms with Gasteiger partial charge in [-0.05, 0) is 30.0 Å². The summed E-state index contributed by atoms with van der Waals surface area (Å²) in [7, 11) is 0. The summed E-state index contributed by atoms with van der Waals surface area (Å²) in [6.45, 7) is 4.25. The predicted molar refractivity (Wildman–Crippen MR) is 64.1 cm³/mol. The lowest BCUT2D eigenvalue weighted by molar-refractivity contribution is 0.102. The average molecular weight is 221 g/mol. The van der Waals surface area contributed by atoms with Crippen LogP contribution >= 0.6 is 0 Å². The van der Waals surface area contributed by atoms with E-state index in [1.807, 2.05) is 12.1 Å². The molecule has 3 N–H and O–H groups in total. The number of hydrogen-bond donors (Lipinski definition) is 2. The van der Waals surface area contributed by atoms with Crippen LogP contribution in [0, 0.1) is 5.92 Å². The van der Waals surface area contributed by atoms with Crippen molar-refractivity contribution in [2.45, 2.75) is 26.0 Å². The fraction of sp³-hybridized carbons (Fsp3) is 0.583. The summed E-state index contributed by atoms with van der Waals surface area (Å²) in [5, 5.41) is 9.84. The molecule has 16 heavy (non-hydrogen) atoms. The van der Waals surface area contributed by atoms with Gasteiger partial charge in [0.2, 0.25) is 0 Å². The van der Waals surface area contributed by atoms with E-state index < -0.39 is 0 Å². The normalized spacial score (nSPS) is 25.8. The number of aliphatic hydroxyl groups excluding tert-OH is 1. The van der Waals surface area contributed by atoms with E-state index in [9.17, 15) is 5.11 Å². The molecule has 2 unspecified atom stereocenters. The fourth-order valence-electron chi connectivity index (χ4n) is 2.02. The van der Waals surface area contributed by atoms with E-state index in [-0.39, 0.29) is 6.10 Å². The Kier molecular flexibility index (Phi) is 3.41. The molecule has 0 amide bonds. The van der Waals surface area contributed by atoms with E-state index in [4.69, 9.17) is 5.73 Å². The monoisotopic (exact) mass is 221 g/mol. The highest BCUT2D eigenvalue weighted by Gasteiger charge is 2.24. The number of rotatable bonds is 2. The first-order chi connectivity index (χ1) is 7.70. The number of hydrogen-bond acceptors (Lipinski definition) is 4. The Hall–Kier alpha value is -1.13. The molecule has 1 aliphatic heterocycles. The van der Waals surface area contributed by atoms with Gasteiger partial charge in [-0.2, -0.15) is 0 Å². The van der Waals surface area contributed by atoms with E-state index in [0.29, 0.717) is 19.0 Å². The van der Waals surface area contributed by atoms with Crippen LogP contribution in [0.25, 0.3) is 0 Å². The van der Waals surface area contributed by atoms with Gasteiger partial charge in [0.05, 0.1) is 6.10 Å². The van der Waals surface area contributed by atoms with Crippen molar-refractivity contribution in [2.24, 2.45) is 11.7 Å². The van der Waals surface area contributed by atoms with Crippen molar-refractivity contribution in [3.63, 3.8) is 0 Å². The number of aromatic nitrogens is 1. The van der Waals surface area contributed by atoms with Crippen LogP contribution in [0.4, 0.5) is 5.82 Å². The number of nitrogens with zero attached hydrogens (tertiary/aromatic N) is 2. The molecule has 4 nitrogen and oxygen atoms in total.